The van der Waals surface area contributed by atoms with Crippen LogP contribution in [-0.2, 0) is 13.0 Å². The molecule has 0 radical (unpaired) electrons. The van der Waals surface area contributed by atoms with Crippen molar-refractivity contribution in [1.29, 1.82) is 0 Å². The number of aromatic nitrogens is 3. The van der Waals surface area contributed by atoms with E-state index in [4.69, 9.17) is 9.72 Å². The van der Waals surface area contributed by atoms with Gasteiger partial charge in [-0.05, 0) is 29.2 Å². The summed E-state index contributed by atoms with van der Waals surface area (Å²) in [7, 11) is 1.63. The SMILES string of the molecule is COc1cc(C(C)C)c2c(=O)[nH]c(N3CCc4ncccc4C3)nc2c1. The molecule has 1 aliphatic heterocycles. The summed E-state index contributed by atoms with van der Waals surface area (Å²) in [5.74, 6) is 1.52. The van der Waals surface area contributed by atoms with Crippen LogP contribution < -0.4 is 15.2 Å². The molecule has 0 bridgehead atoms. The minimum atomic E-state index is -0.103. The number of pyridine rings is 1. The molecule has 6 heteroatoms. The summed E-state index contributed by atoms with van der Waals surface area (Å²) in [6, 6.07) is 7.78. The van der Waals surface area contributed by atoms with Crippen LogP contribution in [0.3, 0.4) is 0 Å². The lowest BCUT2D eigenvalue weighted by Gasteiger charge is -2.28. The molecule has 0 fully saturated rings. The van der Waals surface area contributed by atoms with Crippen molar-refractivity contribution in [2.24, 2.45) is 0 Å². The quantitative estimate of drug-likeness (QED) is 0.786. The van der Waals surface area contributed by atoms with Crippen LogP contribution in [0, 0.1) is 0 Å². The Kier molecular flexibility index (Phi) is 4.11. The van der Waals surface area contributed by atoms with Gasteiger partial charge in [-0.3, -0.25) is 14.8 Å². The second kappa shape index (κ2) is 6.44. The van der Waals surface area contributed by atoms with Crippen molar-refractivity contribution >= 4 is 16.9 Å². The summed E-state index contributed by atoms with van der Waals surface area (Å²) in [6.07, 6.45) is 2.66. The molecule has 0 aliphatic carbocycles. The maximum Gasteiger partial charge on any atom is 0.260 e. The molecule has 3 heterocycles. The minimum absolute atomic E-state index is 0.103. The number of hydrogen-bond donors (Lipinski definition) is 1. The Bertz CT molecular complexity index is 1030. The van der Waals surface area contributed by atoms with Crippen molar-refractivity contribution in [2.45, 2.75) is 32.7 Å². The van der Waals surface area contributed by atoms with E-state index in [2.05, 4.69) is 34.8 Å². The monoisotopic (exact) mass is 350 g/mol. The van der Waals surface area contributed by atoms with Crippen molar-refractivity contribution in [3.8, 4) is 5.75 Å². The van der Waals surface area contributed by atoms with Crippen LogP contribution in [0.4, 0.5) is 5.95 Å². The van der Waals surface area contributed by atoms with E-state index in [0.29, 0.717) is 23.4 Å². The number of benzene rings is 1. The van der Waals surface area contributed by atoms with Crippen molar-refractivity contribution in [3.63, 3.8) is 0 Å². The van der Waals surface area contributed by atoms with Gasteiger partial charge in [0.2, 0.25) is 5.95 Å². The predicted molar refractivity (Wildman–Crippen MR) is 102 cm³/mol. The van der Waals surface area contributed by atoms with Gasteiger partial charge in [0.15, 0.2) is 0 Å². The van der Waals surface area contributed by atoms with Crippen molar-refractivity contribution in [1.82, 2.24) is 15.0 Å². The summed E-state index contributed by atoms with van der Waals surface area (Å²) in [5, 5.41) is 0.642. The molecule has 1 aliphatic rings. The van der Waals surface area contributed by atoms with Crippen molar-refractivity contribution in [2.75, 3.05) is 18.6 Å². The van der Waals surface area contributed by atoms with Gasteiger partial charge >= 0.3 is 0 Å². The second-order valence-electron chi connectivity index (χ2n) is 6.94. The predicted octanol–water partition coefficient (Wildman–Crippen LogP) is 3.01. The highest BCUT2D eigenvalue weighted by molar-refractivity contribution is 5.84. The highest BCUT2D eigenvalue weighted by Crippen LogP contribution is 2.29. The number of hydrogen-bond acceptors (Lipinski definition) is 5. The molecule has 0 atom stereocenters. The summed E-state index contributed by atoms with van der Waals surface area (Å²) in [6.45, 7) is 5.60. The Morgan fingerprint density at radius 3 is 2.92 bits per heavy atom. The van der Waals surface area contributed by atoms with Crippen LogP contribution in [0.1, 0.15) is 36.6 Å². The first-order valence-corrected chi connectivity index (χ1v) is 8.86. The molecule has 0 spiro atoms. The summed E-state index contributed by atoms with van der Waals surface area (Å²) < 4.78 is 5.41. The van der Waals surface area contributed by atoms with E-state index < -0.39 is 0 Å². The molecule has 3 aromatic rings. The fourth-order valence-electron chi connectivity index (χ4n) is 3.53. The molecular formula is C20H22N4O2. The van der Waals surface area contributed by atoms with Gasteiger partial charge in [-0.2, -0.15) is 0 Å². The maximum absolute atomic E-state index is 12.8. The molecule has 1 N–H and O–H groups in total. The first-order valence-electron chi connectivity index (χ1n) is 8.86. The minimum Gasteiger partial charge on any atom is -0.497 e. The first-order chi connectivity index (χ1) is 12.6. The maximum atomic E-state index is 12.8. The molecule has 134 valence electrons. The number of nitrogens with one attached hydrogen (secondary N) is 1. The number of methoxy groups -OCH3 is 1. The number of H-pyrrole nitrogens is 1. The molecule has 26 heavy (non-hydrogen) atoms. The molecule has 2 aromatic heterocycles. The lowest BCUT2D eigenvalue weighted by Crippen LogP contribution is -2.33. The van der Waals surface area contributed by atoms with Gasteiger partial charge in [-0.25, -0.2) is 4.98 Å². The van der Waals surface area contributed by atoms with Crippen LogP contribution in [-0.4, -0.2) is 28.6 Å². The Morgan fingerprint density at radius 2 is 2.15 bits per heavy atom. The number of fused-ring (bicyclic) bond motifs is 2. The molecule has 1 aromatic carbocycles. The zero-order valence-corrected chi connectivity index (χ0v) is 15.2. The molecule has 0 saturated heterocycles. The molecule has 0 unspecified atom stereocenters. The molecule has 0 amide bonds. The number of anilines is 1. The van der Waals surface area contributed by atoms with Crippen LogP contribution in [0.2, 0.25) is 0 Å². The van der Waals surface area contributed by atoms with Gasteiger partial charge in [-0.15, -0.1) is 0 Å². The molecule has 6 nitrogen and oxygen atoms in total. The summed E-state index contributed by atoms with van der Waals surface area (Å²) >= 11 is 0. The lowest BCUT2D eigenvalue weighted by atomic mass is 9.98. The summed E-state index contributed by atoms with van der Waals surface area (Å²) in [5.41, 5.74) is 3.82. The first kappa shape index (κ1) is 16.6. The topological polar surface area (TPSA) is 71.1 Å². The van der Waals surface area contributed by atoms with Gasteiger partial charge in [0, 0.05) is 37.5 Å². The standard InChI is InChI=1S/C20H22N4O2/c1-12(2)15-9-14(26-3)10-17-18(15)19(25)23-20(22-17)24-8-6-16-13(11-24)5-4-7-21-16/h4-5,7,9-10,12H,6,8,11H2,1-3H3,(H,22,23,25). The molecule has 4 rings (SSSR count). The summed E-state index contributed by atoms with van der Waals surface area (Å²) in [4.78, 5) is 27.1. The van der Waals surface area contributed by atoms with Crippen LogP contribution >= 0.6 is 0 Å². The van der Waals surface area contributed by atoms with Crippen molar-refractivity contribution in [3.05, 3.63) is 57.6 Å². The third-order valence-corrected chi connectivity index (χ3v) is 4.92. The average Bonchev–Trinajstić information content (AvgIpc) is 2.66. The fourth-order valence-corrected chi connectivity index (χ4v) is 3.53. The van der Waals surface area contributed by atoms with Crippen LogP contribution in [0.5, 0.6) is 5.75 Å². The lowest BCUT2D eigenvalue weighted by molar-refractivity contribution is 0.414. The largest absolute Gasteiger partial charge is 0.497 e. The Balaban J connectivity index is 1.82. The smallest absolute Gasteiger partial charge is 0.260 e. The number of nitrogens with zero attached hydrogens (tertiary/aromatic N) is 3. The molecule has 0 saturated carbocycles. The highest BCUT2D eigenvalue weighted by Gasteiger charge is 2.21. The van der Waals surface area contributed by atoms with Gasteiger partial charge in [-0.1, -0.05) is 19.9 Å². The van der Waals surface area contributed by atoms with Crippen LogP contribution in [0.15, 0.2) is 35.3 Å². The zero-order valence-electron chi connectivity index (χ0n) is 15.2. The average molecular weight is 350 g/mol. The van der Waals surface area contributed by atoms with E-state index in [1.165, 1.54) is 5.56 Å². The van der Waals surface area contributed by atoms with E-state index in [9.17, 15) is 4.79 Å². The van der Waals surface area contributed by atoms with Crippen molar-refractivity contribution < 1.29 is 4.74 Å². The zero-order chi connectivity index (χ0) is 18.3. The van der Waals surface area contributed by atoms with E-state index in [-0.39, 0.29) is 11.5 Å². The van der Waals surface area contributed by atoms with Gasteiger partial charge in [0.1, 0.15) is 5.75 Å². The normalized spacial score (nSPS) is 13.9. The van der Waals surface area contributed by atoms with E-state index >= 15 is 0 Å². The fraction of sp³-hybridized carbons (Fsp3) is 0.350. The third-order valence-electron chi connectivity index (χ3n) is 4.92. The van der Waals surface area contributed by atoms with E-state index in [1.54, 1.807) is 7.11 Å². The van der Waals surface area contributed by atoms with E-state index in [1.807, 2.05) is 24.4 Å². The molecular weight excluding hydrogens is 328 g/mol. The Morgan fingerprint density at radius 1 is 1.31 bits per heavy atom. The number of aromatic amines is 1. The second-order valence-corrected chi connectivity index (χ2v) is 6.94. The van der Waals surface area contributed by atoms with Gasteiger partial charge in [0.25, 0.3) is 5.56 Å². The van der Waals surface area contributed by atoms with Gasteiger partial charge in [0.05, 0.1) is 18.0 Å². The Labute approximate surface area is 151 Å². The van der Waals surface area contributed by atoms with Gasteiger partial charge < -0.3 is 9.64 Å². The third kappa shape index (κ3) is 2.81. The number of rotatable bonds is 3. The highest BCUT2D eigenvalue weighted by atomic mass is 16.5. The van der Waals surface area contributed by atoms with E-state index in [0.717, 1.165) is 30.0 Å². The Hall–Kier alpha value is -2.89. The number of ether oxygens (including phenoxy) is 1. The van der Waals surface area contributed by atoms with Crippen LogP contribution in [0.25, 0.3) is 10.9 Å².